The van der Waals surface area contributed by atoms with E-state index in [1.54, 1.807) is 17.0 Å². The first-order valence-electron chi connectivity index (χ1n) is 5.60. The number of nitrogens with one attached hydrogen (secondary N) is 1. The monoisotopic (exact) mass is 334 g/mol. The summed E-state index contributed by atoms with van der Waals surface area (Å²) >= 11 is 3.31. The number of nitrogens with zero attached hydrogens (tertiary/aromatic N) is 1. The topological polar surface area (TPSA) is 52.6 Å². The van der Waals surface area contributed by atoms with Crippen molar-refractivity contribution in [2.45, 2.75) is 13.0 Å². The summed E-state index contributed by atoms with van der Waals surface area (Å²) in [5.74, 6) is -0.0817. The first kappa shape index (κ1) is 15.3. The normalized spacial score (nSPS) is 19.2. The van der Waals surface area contributed by atoms with Gasteiger partial charge in [0.15, 0.2) is 0 Å². The van der Waals surface area contributed by atoms with E-state index < -0.39 is 0 Å². The summed E-state index contributed by atoms with van der Waals surface area (Å²) in [6.45, 7) is 4.26. The van der Waals surface area contributed by atoms with Gasteiger partial charge in [0.2, 0.25) is 0 Å². The number of phenols is 1. The Morgan fingerprint density at radius 2 is 2.28 bits per heavy atom. The Labute approximate surface area is 121 Å². The predicted molar refractivity (Wildman–Crippen MR) is 76.4 cm³/mol. The van der Waals surface area contributed by atoms with Gasteiger partial charge in [-0.25, -0.2) is 0 Å². The molecule has 1 heterocycles. The van der Waals surface area contributed by atoms with Gasteiger partial charge in [0.1, 0.15) is 5.75 Å². The van der Waals surface area contributed by atoms with Gasteiger partial charge in [0.05, 0.1) is 5.56 Å². The second-order valence-corrected chi connectivity index (χ2v) is 5.13. The fourth-order valence-electron chi connectivity index (χ4n) is 1.98. The van der Waals surface area contributed by atoms with Crippen LogP contribution in [0, 0.1) is 0 Å². The van der Waals surface area contributed by atoms with Crippen LogP contribution < -0.4 is 5.32 Å². The van der Waals surface area contributed by atoms with Crippen molar-refractivity contribution in [2.75, 3.05) is 19.6 Å². The van der Waals surface area contributed by atoms with Gasteiger partial charge in [-0.1, -0.05) is 15.9 Å². The van der Waals surface area contributed by atoms with E-state index in [0.29, 0.717) is 12.1 Å². The fourth-order valence-corrected chi connectivity index (χ4v) is 2.34. The number of benzene rings is 1. The third kappa shape index (κ3) is 3.16. The van der Waals surface area contributed by atoms with Gasteiger partial charge in [0.25, 0.3) is 5.91 Å². The van der Waals surface area contributed by atoms with Crippen molar-refractivity contribution < 1.29 is 9.90 Å². The fraction of sp³-hybridized carbons (Fsp3) is 0.417. The molecule has 0 spiro atoms. The van der Waals surface area contributed by atoms with E-state index in [2.05, 4.69) is 21.2 Å². The molecule has 2 rings (SSSR count). The van der Waals surface area contributed by atoms with Crippen LogP contribution in [0.4, 0.5) is 0 Å². The summed E-state index contributed by atoms with van der Waals surface area (Å²) in [6.07, 6.45) is 0. The lowest BCUT2D eigenvalue weighted by Gasteiger charge is -2.34. The average molecular weight is 336 g/mol. The second kappa shape index (κ2) is 6.41. The number of halogens is 2. The van der Waals surface area contributed by atoms with Crippen molar-refractivity contribution in [2.24, 2.45) is 0 Å². The number of carbonyl (C=O) groups excluding carboxylic acids is 1. The maximum absolute atomic E-state index is 12.3. The molecule has 0 aliphatic carbocycles. The maximum Gasteiger partial charge on any atom is 0.257 e. The Kier molecular flexibility index (Phi) is 5.44. The molecule has 4 nitrogen and oxygen atoms in total. The third-order valence-corrected chi connectivity index (χ3v) is 3.44. The molecule has 1 amide bonds. The third-order valence-electron chi connectivity index (χ3n) is 2.95. The van der Waals surface area contributed by atoms with Gasteiger partial charge in [-0.3, -0.25) is 4.79 Å². The van der Waals surface area contributed by atoms with Gasteiger partial charge in [0, 0.05) is 30.1 Å². The van der Waals surface area contributed by atoms with Gasteiger partial charge >= 0.3 is 0 Å². The average Bonchev–Trinajstić information content (AvgIpc) is 2.32. The van der Waals surface area contributed by atoms with Crippen LogP contribution in [0.3, 0.4) is 0 Å². The standard InChI is InChI=1S/C12H15BrN2O2.ClH/c1-8-7-14-4-5-15(8)12(17)10-6-9(13)2-3-11(10)16;/h2-3,6,8,14,16H,4-5,7H2,1H3;1H. The van der Waals surface area contributed by atoms with E-state index in [0.717, 1.165) is 17.6 Å². The summed E-state index contributed by atoms with van der Waals surface area (Å²) in [7, 11) is 0. The molecule has 100 valence electrons. The smallest absolute Gasteiger partial charge is 0.257 e. The van der Waals surface area contributed by atoms with Crippen LogP contribution in [0.25, 0.3) is 0 Å². The number of carbonyl (C=O) groups is 1. The second-order valence-electron chi connectivity index (χ2n) is 4.21. The lowest BCUT2D eigenvalue weighted by Crippen LogP contribution is -2.52. The van der Waals surface area contributed by atoms with E-state index in [1.807, 2.05) is 6.92 Å². The molecule has 0 aromatic heterocycles. The first-order valence-corrected chi connectivity index (χ1v) is 6.39. The molecule has 0 radical (unpaired) electrons. The molecule has 1 unspecified atom stereocenters. The maximum atomic E-state index is 12.3. The quantitative estimate of drug-likeness (QED) is 0.825. The van der Waals surface area contributed by atoms with Crippen molar-refractivity contribution in [3.05, 3.63) is 28.2 Å². The van der Waals surface area contributed by atoms with Crippen LogP contribution in [-0.4, -0.2) is 41.6 Å². The molecule has 1 aliphatic heterocycles. The molecule has 0 saturated carbocycles. The Bertz CT molecular complexity index is 442. The molecule has 1 aromatic carbocycles. The molecular formula is C12H16BrClN2O2. The van der Waals surface area contributed by atoms with Crippen LogP contribution in [0.15, 0.2) is 22.7 Å². The highest BCUT2D eigenvalue weighted by atomic mass is 79.9. The molecule has 18 heavy (non-hydrogen) atoms. The molecule has 6 heteroatoms. The Balaban J connectivity index is 0.00000162. The van der Waals surface area contributed by atoms with Crippen LogP contribution in [0.5, 0.6) is 5.75 Å². The Hall–Kier alpha value is -0.780. The highest BCUT2D eigenvalue weighted by Gasteiger charge is 2.25. The van der Waals surface area contributed by atoms with Crippen LogP contribution in [0.1, 0.15) is 17.3 Å². The zero-order valence-corrected chi connectivity index (χ0v) is 12.4. The van der Waals surface area contributed by atoms with Crippen LogP contribution in [0.2, 0.25) is 0 Å². The molecule has 1 aliphatic rings. The number of phenolic OH excluding ortho intramolecular Hbond substituents is 1. The Morgan fingerprint density at radius 3 is 2.94 bits per heavy atom. The zero-order valence-electron chi connectivity index (χ0n) is 10.0. The summed E-state index contributed by atoms with van der Waals surface area (Å²) in [5, 5.41) is 13.0. The number of aromatic hydroxyl groups is 1. The molecule has 0 bridgehead atoms. The highest BCUT2D eigenvalue weighted by molar-refractivity contribution is 9.10. The lowest BCUT2D eigenvalue weighted by molar-refractivity contribution is 0.0652. The van der Waals surface area contributed by atoms with E-state index in [1.165, 1.54) is 6.07 Å². The van der Waals surface area contributed by atoms with Gasteiger partial charge in [-0.2, -0.15) is 0 Å². The van der Waals surface area contributed by atoms with Crippen molar-refractivity contribution in [1.29, 1.82) is 0 Å². The van der Waals surface area contributed by atoms with Crippen molar-refractivity contribution in [1.82, 2.24) is 10.2 Å². The van der Waals surface area contributed by atoms with E-state index in [-0.39, 0.29) is 30.1 Å². The first-order chi connectivity index (χ1) is 8.09. The molecule has 1 saturated heterocycles. The number of piperazine rings is 1. The van der Waals surface area contributed by atoms with E-state index in [4.69, 9.17) is 0 Å². The van der Waals surface area contributed by atoms with Crippen LogP contribution in [-0.2, 0) is 0 Å². The largest absolute Gasteiger partial charge is 0.507 e. The van der Waals surface area contributed by atoms with Crippen LogP contribution >= 0.6 is 28.3 Å². The van der Waals surface area contributed by atoms with E-state index in [9.17, 15) is 9.90 Å². The summed E-state index contributed by atoms with van der Waals surface area (Å²) < 4.78 is 0.793. The number of hydrogen-bond donors (Lipinski definition) is 2. The number of hydrogen-bond acceptors (Lipinski definition) is 3. The molecule has 1 aromatic rings. The lowest BCUT2D eigenvalue weighted by atomic mass is 10.1. The van der Waals surface area contributed by atoms with Gasteiger partial charge < -0.3 is 15.3 Å². The molecule has 1 atom stereocenters. The van der Waals surface area contributed by atoms with E-state index >= 15 is 0 Å². The minimum Gasteiger partial charge on any atom is -0.507 e. The Morgan fingerprint density at radius 1 is 1.56 bits per heavy atom. The van der Waals surface area contributed by atoms with Crippen molar-refractivity contribution >= 4 is 34.2 Å². The van der Waals surface area contributed by atoms with Crippen molar-refractivity contribution in [3.8, 4) is 5.75 Å². The predicted octanol–water partition coefficient (Wildman–Crippen LogP) is 2.01. The summed E-state index contributed by atoms with van der Waals surface area (Å²) in [5.41, 5.74) is 0.355. The van der Waals surface area contributed by atoms with Gasteiger partial charge in [-0.05, 0) is 25.1 Å². The minimum atomic E-state index is -0.113. The summed E-state index contributed by atoms with van der Waals surface area (Å²) in [4.78, 5) is 14.1. The van der Waals surface area contributed by atoms with Crippen molar-refractivity contribution in [3.63, 3.8) is 0 Å². The zero-order chi connectivity index (χ0) is 12.4. The highest BCUT2D eigenvalue weighted by Crippen LogP contribution is 2.24. The van der Waals surface area contributed by atoms with Gasteiger partial charge in [-0.15, -0.1) is 12.4 Å². The molecule has 2 N–H and O–H groups in total. The SMILES string of the molecule is CC1CNCCN1C(=O)c1cc(Br)ccc1O.Cl. The number of amides is 1. The molecular weight excluding hydrogens is 320 g/mol. The number of rotatable bonds is 1. The molecule has 1 fully saturated rings. The summed E-state index contributed by atoms with van der Waals surface area (Å²) in [6, 6.07) is 5.05. The minimum absolute atomic E-state index is 0.